The minimum absolute atomic E-state index is 0.0348. The summed E-state index contributed by atoms with van der Waals surface area (Å²) >= 11 is 3.52. The lowest BCUT2D eigenvalue weighted by Crippen LogP contribution is -2.44. The summed E-state index contributed by atoms with van der Waals surface area (Å²) in [6.45, 7) is 1.50. The van der Waals surface area contributed by atoms with E-state index in [0.717, 1.165) is 11.0 Å². The third-order valence-corrected chi connectivity index (χ3v) is 4.19. The number of benzene rings is 1. The van der Waals surface area contributed by atoms with E-state index in [2.05, 4.69) is 50.8 Å². The number of rotatable bonds is 5. The van der Waals surface area contributed by atoms with Gasteiger partial charge >= 0.3 is 6.03 Å². The van der Waals surface area contributed by atoms with E-state index in [0.29, 0.717) is 18.5 Å². The molecule has 0 aromatic heterocycles. The molecule has 0 unspecified atom stereocenters. The summed E-state index contributed by atoms with van der Waals surface area (Å²) in [6.07, 6.45) is 2.36. The molecule has 0 saturated heterocycles. The predicted molar refractivity (Wildman–Crippen MR) is 85.0 cm³/mol. The maximum atomic E-state index is 11.3. The number of hydrogen-bond acceptors (Lipinski definition) is 2. The molecule has 2 amide bonds. The van der Waals surface area contributed by atoms with E-state index < -0.39 is 0 Å². The molecule has 20 heavy (non-hydrogen) atoms. The van der Waals surface area contributed by atoms with Crippen LogP contribution in [0.25, 0.3) is 0 Å². The molecule has 5 heteroatoms. The number of amides is 2. The Kier molecular flexibility index (Phi) is 5.43. The van der Waals surface area contributed by atoms with Gasteiger partial charge in [-0.25, -0.2) is 4.79 Å². The monoisotopic (exact) mass is 339 g/mol. The number of carbonyl (C=O) groups is 1. The van der Waals surface area contributed by atoms with Crippen molar-refractivity contribution >= 4 is 22.0 Å². The molecule has 1 saturated carbocycles. The lowest BCUT2D eigenvalue weighted by molar-refractivity contribution is 0.216. The summed E-state index contributed by atoms with van der Waals surface area (Å²) in [6, 6.07) is 9.10. The van der Waals surface area contributed by atoms with Crippen LogP contribution in [0, 0.1) is 0 Å². The van der Waals surface area contributed by atoms with Crippen LogP contribution in [0.2, 0.25) is 0 Å². The molecule has 1 aliphatic carbocycles. The van der Waals surface area contributed by atoms with Crippen molar-refractivity contribution in [3.8, 4) is 0 Å². The normalized spacial score (nSPS) is 21.1. The van der Waals surface area contributed by atoms with E-state index in [4.69, 9.17) is 0 Å². The molecular weight excluding hydrogens is 318 g/mol. The van der Waals surface area contributed by atoms with E-state index in [-0.39, 0.29) is 6.03 Å². The topological polar surface area (TPSA) is 44.4 Å². The van der Waals surface area contributed by atoms with Gasteiger partial charge in [-0.1, -0.05) is 28.1 Å². The van der Waals surface area contributed by atoms with Gasteiger partial charge in [0.05, 0.1) is 0 Å². The number of carbonyl (C=O) groups excluding carboxylic acids is 1. The van der Waals surface area contributed by atoms with Crippen molar-refractivity contribution in [3.63, 3.8) is 0 Å². The fourth-order valence-electron chi connectivity index (χ4n) is 2.42. The highest BCUT2D eigenvalue weighted by Gasteiger charge is 2.29. The maximum absolute atomic E-state index is 11.3. The van der Waals surface area contributed by atoms with E-state index >= 15 is 0 Å². The Morgan fingerprint density at radius 3 is 2.75 bits per heavy atom. The number of nitrogens with zero attached hydrogens (tertiary/aromatic N) is 1. The van der Waals surface area contributed by atoms with Gasteiger partial charge in [-0.3, -0.25) is 0 Å². The van der Waals surface area contributed by atoms with Crippen molar-refractivity contribution in [1.82, 2.24) is 15.5 Å². The first-order valence-electron chi connectivity index (χ1n) is 7.00. The molecule has 0 heterocycles. The predicted octanol–water partition coefficient (Wildman–Crippen LogP) is 2.56. The number of hydrogen-bond donors (Lipinski definition) is 2. The van der Waals surface area contributed by atoms with E-state index in [1.807, 2.05) is 0 Å². The molecule has 110 valence electrons. The van der Waals surface area contributed by atoms with Gasteiger partial charge in [-0.2, -0.15) is 0 Å². The van der Waals surface area contributed by atoms with Gasteiger partial charge in [0.2, 0.25) is 0 Å². The summed E-state index contributed by atoms with van der Waals surface area (Å²) < 4.78 is 1.15. The van der Waals surface area contributed by atoms with E-state index in [1.54, 1.807) is 19.0 Å². The second kappa shape index (κ2) is 7.09. The van der Waals surface area contributed by atoms with Crippen molar-refractivity contribution in [2.45, 2.75) is 24.8 Å². The van der Waals surface area contributed by atoms with E-state index in [1.165, 1.54) is 18.4 Å². The van der Waals surface area contributed by atoms with Gasteiger partial charge in [0.1, 0.15) is 0 Å². The summed E-state index contributed by atoms with van der Waals surface area (Å²) in [5, 5.41) is 6.34. The SMILES string of the molecule is CN(C)C(=O)NCCNC1CC(c2cccc(Br)c2)C1. The Bertz CT molecular complexity index is 458. The molecule has 0 radical (unpaired) electrons. The lowest BCUT2D eigenvalue weighted by atomic mass is 9.76. The van der Waals surface area contributed by atoms with Crippen LogP contribution in [0.3, 0.4) is 0 Å². The first kappa shape index (κ1) is 15.3. The Hall–Kier alpha value is -1.07. The van der Waals surface area contributed by atoms with Crippen molar-refractivity contribution in [2.24, 2.45) is 0 Å². The Balaban J connectivity index is 1.61. The Labute approximate surface area is 129 Å². The third kappa shape index (κ3) is 4.21. The minimum atomic E-state index is -0.0348. The molecule has 2 N–H and O–H groups in total. The highest BCUT2D eigenvalue weighted by molar-refractivity contribution is 9.10. The third-order valence-electron chi connectivity index (χ3n) is 3.70. The highest BCUT2D eigenvalue weighted by Crippen LogP contribution is 2.37. The Morgan fingerprint density at radius 2 is 2.10 bits per heavy atom. The second-order valence-electron chi connectivity index (χ2n) is 5.50. The van der Waals surface area contributed by atoms with Gasteiger partial charge in [0, 0.05) is 37.7 Å². The van der Waals surface area contributed by atoms with Gasteiger partial charge in [-0.05, 0) is 36.5 Å². The van der Waals surface area contributed by atoms with Crippen molar-refractivity contribution in [3.05, 3.63) is 34.3 Å². The zero-order valence-electron chi connectivity index (χ0n) is 12.0. The first-order valence-corrected chi connectivity index (χ1v) is 7.79. The van der Waals surface area contributed by atoms with Crippen LogP contribution in [0.1, 0.15) is 24.3 Å². The first-order chi connectivity index (χ1) is 9.56. The average molecular weight is 340 g/mol. The fourth-order valence-corrected chi connectivity index (χ4v) is 2.84. The minimum Gasteiger partial charge on any atom is -0.337 e. The molecule has 0 aliphatic heterocycles. The average Bonchev–Trinajstić information content (AvgIpc) is 2.35. The fraction of sp³-hybridized carbons (Fsp3) is 0.533. The smallest absolute Gasteiger partial charge is 0.316 e. The van der Waals surface area contributed by atoms with Crippen molar-refractivity contribution in [1.29, 1.82) is 0 Å². The van der Waals surface area contributed by atoms with E-state index in [9.17, 15) is 4.79 Å². The summed E-state index contributed by atoms with van der Waals surface area (Å²) in [4.78, 5) is 12.9. The number of urea groups is 1. The summed E-state index contributed by atoms with van der Waals surface area (Å²) in [5.74, 6) is 0.668. The molecule has 2 rings (SSSR count). The second-order valence-corrected chi connectivity index (χ2v) is 6.42. The van der Waals surface area contributed by atoms with Crippen LogP contribution < -0.4 is 10.6 Å². The van der Waals surface area contributed by atoms with Crippen LogP contribution in [-0.4, -0.2) is 44.2 Å². The maximum Gasteiger partial charge on any atom is 0.316 e. The molecular formula is C15H22BrN3O. The molecule has 1 aliphatic rings. The van der Waals surface area contributed by atoms with Crippen LogP contribution in [-0.2, 0) is 0 Å². The van der Waals surface area contributed by atoms with Gasteiger partial charge in [0.25, 0.3) is 0 Å². The van der Waals surface area contributed by atoms with Crippen molar-refractivity contribution in [2.75, 3.05) is 27.2 Å². The van der Waals surface area contributed by atoms with Gasteiger partial charge < -0.3 is 15.5 Å². The summed E-state index contributed by atoms with van der Waals surface area (Å²) in [7, 11) is 3.49. The number of halogens is 1. The molecule has 1 fully saturated rings. The van der Waals surface area contributed by atoms with Crippen LogP contribution >= 0.6 is 15.9 Å². The highest BCUT2D eigenvalue weighted by atomic mass is 79.9. The zero-order valence-corrected chi connectivity index (χ0v) is 13.6. The molecule has 4 nitrogen and oxygen atoms in total. The molecule has 0 bridgehead atoms. The van der Waals surface area contributed by atoms with Crippen LogP contribution in [0.5, 0.6) is 0 Å². The number of nitrogens with one attached hydrogen (secondary N) is 2. The van der Waals surface area contributed by atoms with Crippen molar-refractivity contribution < 1.29 is 4.79 Å². The lowest BCUT2D eigenvalue weighted by Gasteiger charge is -2.36. The molecule has 1 aromatic carbocycles. The Morgan fingerprint density at radius 1 is 1.35 bits per heavy atom. The molecule has 0 atom stereocenters. The molecule has 1 aromatic rings. The van der Waals surface area contributed by atoms with Gasteiger partial charge in [0.15, 0.2) is 0 Å². The zero-order chi connectivity index (χ0) is 14.5. The van der Waals surface area contributed by atoms with Crippen LogP contribution in [0.15, 0.2) is 28.7 Å². The van der Waals surface area contributed by atoms with Crippen LogP contribution in [0.4, 0.5) is 4.79 Å². The quantitative estimate of drug-likeness (QED) is 0.809. The standard InChI is InChI=1S/C15H22BrN3O/c1-19(2)15(20)18-7-6-17-14-9-12(10-14)11-4-3-5-13(16)8-11/h3-5,8,12,14,17H,6-7,9-10H2,1-2H3,(H,18,20). The van der Waals surface area contributed by atoms with Gasteiger partial charge in [-0.15, -0.1) is 0 Å². The summed E-state index contributed by atoms with van der Waals surface area (Å²) in [5.41, 5.74) is 1.42. The molecule has 0 spiro atoms. The largest absolute Gasteiger partial charge is 0.337 e.